The number of halogens is 3. The molecule has 1 unspecified atom stereocenters. The van der Waals surface area contributed by atoms with Crippen molar-refractivity contribution in [2.24, 2.45) is 15.7 Å². The molecule has 37 heavy (non-hydrogen) atoms. The van der Waals surface area contributed by atoms with E-state index >= 15 is 0 Å². The van der Waals surface area contributed by atoms with Crippen LogP contribution in [0.25, 0.3) is 0 Å². The summed E-state index contributed by atoms with van der Waals surface area (Å²) in [5, 5.41) is 6.23. The van der Waals surface area contributed by atoms with E-state index in [0.717, 1.165) is 16.9 Å². The number of nitrogens with two attached hydrogens (primary N) is 1. The number of amidine groups is 1. The minimum atomic E-state index is -4.78. The Morgan fingerprint density at radius 3 is 1.92 bits per heavy atom. The molecule has 0 aliphatic carbocycles. The Morgan fingerprint density at radius 1 is 0.838 bits per heavy atom. The van der Waals surface area contributed by atoms with Crippen molar-refractivity contribution in [1.82, 2.24) is 10.6 Å². The van der Waals surface area contributed by atoms with Crippen molar-refractivity contribution < 1.29 is 27.4 Å². The van der Waals surface area contributed by atoms with E-state index in [-0.39, 0.29) is 5.75 Å². The molecule has 1 heterocycles. The fraction of sp³-hybridized carbons (Fsp3) is 0.231. The van der Waals surface area contributed by atoms with E-state index < -0.39 is 12.1 Å². The van der Waals surface area contributed by atoms with Crippen LogP contribution in [0, 0.1) is 0 Å². The van der Waals surface area contributed by atoms with Crippen molar-refractivity contribution in [1.29, 1.82) is 0 Å². The summed E-state index contributed by atoms with van der Waals surface area (Å²) in [5.41, 5.74) is 9.00. The molecule has 1 atom stereocenters. The molecule has 4 N–H and O–H groups in total. The van der Waals surface area contributed by atoms with Gasteiger partial charge in [0.05, 0.1) is 20.8 Å². The van der Waals surface area contributed by atoms with Crippen LogP contribution in [-0.2, 0) is 13.0 Å². The van der Waals surface area contributed by atoms with Gasteiger partial charge < -0.3 is 24.8 Å². The molecular formula is C26H26F3N5O3. The fourth-order valence-corrected chi connectivity index (χ4v) is 3.67. The molecule has 1 aliphatic heterocycles. The lowest BCUT2D eigenvalue weighted by Gasteiger charge is -2.34. The van der Waals surface area contributed by atoms with Gasteiger partial charge in [-0.2, -0.15) is 0 Å². The lowest BCUT2D eigenvalue weighted by Crippen LogP contribution is -2.64. The number of benzene rings is 3. The number of guanidine groups is 1. The first-order valence-corrected chi connectivity index (χ1v) is 11.3. The van der Waals surface area contributed by atoms with Gasteiger partial charge in [-0.25, -0.2) is 9.98 Å². The van der Waals surface area contributed by atoms with E-state index in [1.165, 1.54) is 24.3 Å². The Morgan fingerprint density at radius 2 is 1.38 bits per heavy atom. The Bertz CT molecular complexity index is 1260. The lowest BCUT2D eigenvalue weighted by atomic mass is 10.1. The van der Waals surface area contributed by atoms with Crippen LogP contribution in [0.4, 0.5) is 13.2 Å². The zero-order valence-corrected chi connectivity index (χ0v) is 20.2. The SMILES string of the molecule is COc1ccc(CN=C2NC(c3ccc(OC(F)(F)F)cc3)=NC(N)(Cc3ccc(OC)cc3)N2)cc1. The van der Waals surface area contributed by atoms with Crippen molar-refractivity contribution in [2.75, 3.05) is 14.2 Å². The Labute approximate surface area is 212 Å². The number of ether oxygens (including phenoxy) is 3. The highest BCUT2D eigenvalue weighted by atomic mass is 19.4. The third kappa shape index (κ3) is 7.14. The first-order valence-electron chi connectivity index (χ1n) is 11.3. The number of hydrogen-bond acceptors (Lipinski definition) is 6. The number of hydrogen-bond donors (Lipinski definition) is 3. The highest BCUT2D eigenvalue weighted by molar-refractivity contribution is 6.10. The van der Waals surface area contributed by atoms with Gasteiger partial charge in [-0.1, -0.05) is 24.3 Å². The molecule has 0 aromatic heterocycles. The molecule has 3 aromatic rings. The Kier molecular flexibility index (Phi) is 7.53. The van der Waals surface area contributed by atoms with Crippen LogP contribution in [0.3, 0.4) is 0 Å². The van der Waals surface area contributed by atoms with Gasteiger partial charge in [0.25, 0.3) is 0 Å². The van der Waals surface area contributed by atoms with Crippen molar-refractivity contribution in [3.05, 3.63) is 89.5 Å². The Balaban J connectivity index is 1.61. The number of rotatable bonds is 8. The molecule has 0 bridgehead atoms. The zero-order valence-electron chi connectivity index (χ0n) is 20.2. The van der Waals surface area contributed by atoms with Crippen molar-refractivity contribution >= 4 is 11.8 Å². The lowest BCUT2D eigenvalue weighted by molar-refractivity contribution is -0.274. The molecule has 0 radical (unpaired) electrons. The summed E-state index contributed by atoms with van der Waals surface area (Å²) in [6, 6.07) is 20.2. The van der Waals surface area contributed by atoms with Crippen LogP contribution in [-0.4, -0.2) is 38.2 Å². The van der Waals surface area contributed by atoms with Gasteiger partial charge in [-0.05, 0) is 59.7 Å². The molecular weight excluding hydrogens is 487 g/mol. The molecule has 4 rings (SSSR count). The van der Waals surface area contributed by atoms with Gasteiger partial charge in [0.2, 0.25) is 0 Å². The number of aliphatic imine (C=N–C) groups is 2. The van der Waals surface area contributed by atoms with E-state index in [2.05, 4.69) is 25.4 Å². The van der Waals surface area contributed by atoms with Crippen LogP contribution >= 0.6 is 0 Å². The minimum absolute atomic E-state index is 0.305. The van der Waals surface area contributed by atoms with E-state index in [1.54, 1.807) is 14.2 Å². The number of nitrogens with one attached hydrogen (secondary N) is 2. The second-order valence-electron chi connectivity index (χ2n) is 8.24. The summed E-state index contributed by atoms with van der Waals surface area (Å²) in [4.78, 5) is 9.25. The van der Waals surface area contributed by atoms with Crippen LogP contribution in [0.1, 0.15) is 16.7 Å². The summed E-state index contributed by atoms with van der Waals surface area (Å²) >= 11 is 0. The summed E-state index contributed by atoms with van der Waals surface area (Å²) in [6.45, 7) is 0.337. The molecule has 0 amide bonds. The summed E-state index contributed by atoms with van der Waals surface area (Å²) in [5.74, 6) is 0.540. The summed E-state index contributed by atoms with van der Waals surface area (Å²) in [6.07, 6.45) is -4.48. The van der Waals surface area contributed by atoms with Crippen LogP contribution in [0.2, 0.25) is 0 Å². The highest BCUT2D eigenvalue weighted by Gasteiger charge is 2.33. The number of methoxy groups -OCH3 is 2. The molecule has 0 spiro atoms. The molecule has 1 aliphatic rings. The molecule has 8 nitrogen and oxygen atoms in total. The van der Waals surface area contributed by atoms with E-state index in [4.69, 9.17) is 15.2 Å². The molecule has 0 saturated heterocycles. The monoisotopic (exact) mass is 513 g/mol. The third-order valence-corrected chi connectivity index (χ3v) is 5.46. The van der Waals surface area contributed by atoms with E-state index in [0.29, 0.717) is 36.1 Å². The molecule has 0 saturated carbocycles. The van der Waals surface area contributed by atoms with Crippen molar-refractivity contribution in [2.45, 2.75) is 25.1 Å². The van der Waals surface area contributed by atoms with Gasteiger partial charge in [0, 0.05) is 12.0 Å². The highest BCUT2D eigenvalue weighted by Crippen LogP contribution is 2.24. The van der Waals surface area contributed by atoms with Gasteiger partial charge in [-0.3, -0.25) is 5.73 Å². The first kappa shape index (κ1) is 25.8. The maximum Gasteiger partial charge on any atom is 0.573 e. The maximum absolute atomic E-state index is 12.6. The van der Waals surface area contributed by atoms with Gasteiger partial charge in [0.15, 0.2) is 11.7 Å². The quantitative estimate of drug-likeness (QED) is 0.422. The van der Waals surface area contributed by atoms with E-state index in [1.807, 2.05) is 48.5 Å². The first-order chi connectivity index (χ1) is 17.6. The maximum atomic E-state index is 12.6. The largest absolute Gasteiger partial charge is 0.573 e. The normalized spacial score (nSPS) is 18.4. The van der Waals surface area contributed by atoms with Gasteiger partial charge >= 0.3 is 6.36 Å². The summed E-state index contributed by atoms with van der Waals surface area (Å²) in [7, 11) is 3.18. The second kappa shape index (κ2) is 10.8. The average Bonchev–Trinajstić information content (AvgIpc) is 2.87. The van der Waals surface area contributed by atoms with Crippen molar-refractivity contribution in [3.8, 4) is 17.2 Å². The standard InChI is InChI=1S/C26H26F3N5O3/c1-35-20-9-3-17(4-10-20)15-25(30)33-23(19-7-13-22(14-8-19)37-26(27,28)29)32-24(34-25)31-16-18-5-11-21(36-2)12-6-18/h3-14H,15-16,30H2,1-2H3,(H2,31,32,33,34). The smallest absolute Gasteiger partial charge is 0.497 e. The zero-order chi connectivity index (χ0) is 26.5. The minimum Gasteiger partial charge on any atom is -0.497 e. The second-order valence-corrected chi connectivity index (χ2v) is 8.24. The van der Waals surface area contributed by atoms with Crippen LogP contribution in [0.15, 0.2) is 82.8 Å². The van der Waals surface area contributed by atoms with Crippen molar-refractivity contribution in [3.63, 3.8) is 0 Å². The van der Waals surface area contributed by atoms with Gasteiger partial charge in [0.1, 0.15) is 23.1 Å². The fourth-order valence-electron chi connectivity index (χ4n) is 3.67. The predicted octanol–water partition coefficient (Wildman–Crippen LogP) is 3.95. The number of nitrogens with zero attached hydrogens (tertiary/aromatic N) is 2. The average molecular weight is 514 g/mol. The Hall–Kier alpha value is -4.25. The molecule has 3 aromatic carbocycles. The van der Waals surface area contributed by atoms with Crippen LogP contribution < -0.4 is 30.6 Å². The topological polar surface area (TPSA) is 102 Å². The third-order valence-electron chi connectivity index (χ3n) is 5.46. The van der Waals surface area contributed by atoms with Gasteiger partial charge in [-0.15, -0.1) is 13.2 Å². The van der Waals surface area contributed by atoms with Crippen LogP contribution in [0.5, 0.6) is 17.2 Å². The molecule has 194 valence electrons. The number of alkyl halides is 3. The van der Waals surface area contributed by atoms with E-state index in [9.17, 15) is 13.2 Å². The predicted molar refractivity (Wildman–Crippen MR) is 134 cm³/mol. The summed E-state index contributed by atoms with van der Waals surface area (Å²) < 4.78 is 52.0. The molecule has 0 fully saturated rings. The molecule has 11 heteroatoms.